The minimum absolute atomic E-state index is 0.745. The second kappa shape index (κ2) is 27.4. The zero-order valence-electron chi connectivity index (χ0n) is 29.1. The second-order valence-corrected chi connectivity index (χ2v) is 14.7. The van der Waals surface area contributed by atoms with Crippen molar-refractivity contribution >= 4 is 56.6 Å². The van der Waals surface area contributed by atoms with Crippen LogP contribution in [0.1, 0.15) is 143 Å². The van der Waals surface area contributed by atoms with E-state index < -0.39 is 0 Å². The number of thiocarbonyl (C=S) groups is 2. The smallest absolute Gasteiger partial charge is 0.136 e. The van der Waals surface area contributed by atoms with Crippen LogP contribution in [-0.2, 0) is 11.5 Å². The Bertz CT molecular complexity index is 819. The van der Waals surface area contributed by atoms with Gasteiger partial charge in [0.1, 0.15) is 20.1 Å². The van der Waals surface area contributed by atoms with E-state index in [0.29, 0.717) is 0 Å². The summed E-state index contributed by atoms with van der Waals surface area (Å²) in [5.74, 6) is 3.50. The van der Waals surface area contributed by atoms with Crippen LogP contribution in [0.2, 0.25) is 0 Å². The molecule has 4 nitrogen and oxygen atoms in total. The predicted octanol–water partition coefficient (Wildman–Crippen LogP) is 11.7. The Kier molecular flexibility index (Phi) is 25.7. The quantitative estimate of drug-likeness (QED) is 0.0702. The lowest BCUT2D eigenvalue weighted by atomic mass is 10.1. The molecule has 44 heavy (non-hydrogen) atoms. The van der Waals surface area contributed by atoms with Gasteiger partial charge >= 0.3 is 0 Å². The maximum absolute atomic E-state index is 6.51. The third-order valence-corrected chi connectivity index (χ3v) is 11.1. The monoisotopic (exact) mass is 684 g/mol. The third-order valence-electron chi connectivity index (χ3n) is 8.00. The van der Waals surface area contributed by atoms with Crippen molar-refractivity contribution in [3.8, 4) is 11.5 Å². The molecule has 1 rings (SSSR count). The van der Waals surface area contributed by atoms with E-state index in [-0.39, 0.29) is 0 Å². The zero-order valence-corrected chi connectivity index (χ0v) is 32.3. The van der Waals surface area contributed by atoms with Crippen LogP contribution in [-0.4, -0.2) is 57.8 Å². The maximum atomic E-state index is 6.51. The summed E-state index contributed by atoms with van der Waals surface area (Å²) in [5.41, 5.74) is 2.34. The average Bonchev–Trinajstić information content (AvgIpc) is 3.03. The molecule has 0 saturated carbocycles. The first-order valence-corrected chi connectivity index (χ1v) is 20.5. The number of benzene rings is 1. The molecule has 0 aliphatic carbocycles. The second-order valence-electron chi connectivity index (χ2n) is 11.5. The first-order chi connectivity index (χ1) is 21.4. The first-order valence-electron chi connectivity index (χ1n) is 17.7. The Morgan fingerprint density at radius 2 is 0.841 bits per heavy atom. The summed E-state index contributed by atoms with van der Waals surface area (Å²) in [7, 11) is 0. The number of unbranched alkanes of at least 4 members (excludes halogenated alkanes) is 12. The summed E-state index contributed by atoms with van der Waals surface area (Å²) in [6.07, 6.45) is 17.8. The summed E-state index contributed by atoms with van der Waals surface area (Å²) < 4.78 is 14.9. The van der Waals surface area contributed by atoms with Gasteiger partial charge in [-0.05, 0) is 52.7 Å². The molecule has 0 aromatic heterocycles. The fourth-order valence-electron chi connectivity index (χ4n) is 5.05. The summed E-state index contributed by atoms with van der Waals surface area (Å²) in [6.45, 7) is 18.4. The van der Waals surface area contributed by atoms with Gasteiger partial charge in [-0.3, -0.25) is 0 Å². The number of thioether (sulfide) groups is 2. The van der Waals surface area contributed by atoms with Crippen molar-refractivity contribution in [1.82, 2.24) is 9.80 Å². The fraction of sp³-hybridized carbons (Fsp3) is 0.778. The lowest BCUT2D eigenvalue weighted by Gasteiger charge is -2.23. The molecule has 0 fully saturated rings. The van der Waals surface area contributed by atoms with Crippen LogP contribution < -0.4 is 9.47 Å². The summed E-state index contributed by atoms with van der Waals surface area (Å²) in [5, 5.41) is 0. The van der Waals surface area contributed by atoms with E-state index in [1.165, 1.54) is 88.2 Å². The molecule has 0 atom stereocenters. The molecule has 0 unspecified atom stereocenters. The molecule has 0 heterocycles. The number of hydrogen-bond acceptors (Lipinski definition) is 6. The van der Waals surface area contributed by atoms with Crippen LogP contribution in [0.3, 0.4) is 0 Å². The zero-order chi connectivity index (χ0) is 32.4. The molecule has 0 N–H and O–H groups in total. The van der Waals surface area contributed by atoms with Crippen molar-refractivity contribution in [3.63, 3.8) is 0 Å². The van der Waals surface area contributed by atoms with Gasteiger partial charge in [0.05, 0.1) is 13.2 Å². The van der Waals surface area contributed by atoms with Gasteiger partial charge in [0.15, 0.2) is 0 Å². The molecule has 0 aliphatic rings. The van der Waals surface area contributed by atoms with Crippen LogP contribution in [0.15, 0.2) is 12.1 Å². The van der Waals surface area contributed by atoms with Gasteiger partial charge in [-0.2, -0.15) is 0 Å². The molecule has 0 bridgehead atoms. The SMILES string of the molecule is CCCCCCCCCOc1cc(CSC(=S)N(CC)CC)c(OCCCCCCCCC)cc1CSC(=S)N(CC)CC. The molecular weight excluding hydrogens is 621 g/mol. The Balaban J connectivity index is 3.08. The number of nitrogens with zero attached hydrogens (tertiary/aromatic N) is 2. The molecule has 254 valence electrons. The Labute approximate surface area is 291 Å². The lowest BCUT2D eigenvalue weighted by Crippen LogP contribution is -2.26. The van der Waals surface area contributed by atoms with Crippen molar-refractivity contribution in [2.45, 2.75) is 143 Å². The fourth-order valence-corrected chi connectivity index (χ4v) is 7.81. The Hall–Kier alpha value is -0.700. The highest BCUT2D eigenvalue weighted by atomic mass is 32.2. The van der Waals surface area contributed by atoms with Crippen molar-refractivity contribution in [1.29, 1.82) is 0 Å². The van der Waals surface area contributed by atoms with E-state index in [1.807, 2.05) is 0 Å². The van der Waals surface area contributed by atoms with Crippen molar-refractivity contribution in [2.24, 2.45) is 0 Å². The molecule has 0 spiro atoms. The molecular formula is C36H64N2O2S4. The normalized spacial score (nSPS) is 11.0. The maximum Gasteiger partial charge on any atom is 0.136 e. The van der Waals surface area contributed by atoms with Gasteiger partial charge in [-0.15, -0.1) is 0 Å². The standard InChI is InChI=1S/C36H64N2O2S4/c1-7-13-15-17-19-21-23-25-39-33-27-32(30-44-36(42)38(11-5)12-6)34(40-26-24-22-20-18-16-14-8-2)28-31(33)29-43-35(41)37(9-3)10-4/h27-28H,7-26,29-30H2,1-6H3. The van der Waals surface area contributed by atoms with Gasteiger partial charge in [0, 0.05) is 48.8 Å². The number of ether oxygens (including phenoxy) is 2. The van der Waals surface area contributed by atoms with Gasteiger partial charge in [-0.1, -0.05) is 139 Å². The van der Waals surface area contributed by atoms with Crippen molar-refractivity contribution < 1.29 is 9.47 Å². The highest BCUT2D eigenvalue weighted by molar-refractivity contribution is 8.22. The van der Waals surface area contributed by atoms with Gasteiger partial charge in [0.25, 0.3) is 0 Å². The van der Waals surface area contributed by atoms with Gasteiger partial charge in [-0.25, -0.2) is 0 Å². The molecule has 0 aliphatic heterocycles. The third kappa shape index (κ3) is 17.9. The Morgan fingerprint density at radius 3 is 1.16 bits per heavy atom. The highest BCUT2D eigenvalue weighted by Gasteiger charge is 2.17. The molecule has 1 aromatic rings. The highest BCUT2D eigenvalue weighted by Crippen LogP contribution is 2.35. The minimum atomic E-state index is 0.745. The van der Waals surface area contributed by atoms with Crippen LogP contribution >= 0.6 is 48.0 Å². The van der Waals surface area contributed by atoms with Crippen molar-refractivity contribution in [2.75, 3.05) is 39.4 Å². The van der Waals surface area contributed by atoms with Crippen LogP contribution in [0.5, 0.6) is 11.5 Å². The predicted molar refractivity (Wildman–Crippen MR) is 207 cm³/mol. The van der Waals surface area contributed by atoms with Gasteiger partial charge < -0.3 is 19.3 Å². The van der Waals surface area contributed by atoms with E-state index in [4.69, 9.17) is 33.9 Å². The van der Waals surface area contributed by atoms with E-state index in [0.717, 1.165) is 83.9 Å². The molecule has 0 saturated heterocycles. The summed E-state index contributed by atoms with van der Waals surface area (Å²) in [4.78, 5) is 4.49. The van der Waals surface area contributed by atoms with Crippen molar-refractivity contribution in [3.05, 3.63) is 23.3 Å². The summed E-state index contributed by atoms with van der Waals surface area (Å²) >= 11 is 15.0. The minimum Gasteiger partial charge on any atom is -0.493 e. The summed E-state index contributed by atoms with van der Waals surface area (Å²) in [6, 6.07) is 4.46. The van der Waals surface area contributed by atoms with E-state index in [2.05, 4.69) is 63.5 Å². The molecule has 0 amide bonds. The van der Waals surface area contributed by atoms with E-state index in [9.17, 15) is 0 Å². The topological polar surface area (TPSA) is 24.9 Å². The Morgan fingerprint density at radius 1 is 0.523 bits per heavy atom. The van der Waals surface area contributed by atoms with Crippen LogP contribution in [0.4, 0.5) is 0 Å². The molecule has 0 radical (unpaired) electrons. The lowest BCUT2D eigenvalue weighted by molar-refractivity contribution is 0.293. The van der Waals surface area contributed by atoms with E-state index >= 15 is 0 Å². The number of hydrogen-bond donors (Lipinski definition) is 0. The molecule has 8 heteroatoms. The van der Waals surface area contributed by atoms with Crippen LogP contribution in [0, 0.1) is 0 Å². The van der Waals surface area contributed by atoms with Crippen LogP contribution in [0.25, 0.3) is 0 Å². The average molecular weight is 685 g/mol. The molecule has 1 aromatic carbocycles. The van der Waals surface area contributed by atoms with Gasteiger partial charge in [0.2, 0.25) is 0 Å². The number of rotatable bonds is 26. The van der Waals surface area contributed by atoms with E-state index in [1.54, 1.807) is 23.5 Å². The first kappa shape index (κ1) is 41.3. The largest absolute Gasteiger partial charge is 0.493 e.